The van der Waals surface area contributed by atoms with Crippen molar-refractivity contribution in [1.82, 2.24) is 14.7 Å². The second-order valence-corrected chi connectivity index (χ2v) is 6.78. The number of ether oxygens (including phenoxy) is 1. The number of nitrogens with one attached hydrogen (secondary N) is 1. The number of rotatable bonds is 6. The van der Waals surface area contributed by atoms with Crippen LogP contribution in [0.3, 0.4) is 0 Å². The molecule has 2 heterocycles. The molecule has 0 aliphatic rings. The number of anilines is 1. The van der Waals surface area contributed by atoms with Crippen molar-refractivity contribution in [2.24, 2.45) is 0 Å². The summed E-state index contributed by atoms with van der Waals surface area (Å²) in [6.45, 7) is 1.84. The molecule has 7 nitrogen and oxygen atoms in total. The Bertz CT molecular complexity index is 1140. The molecule has 1 N–H and O–H groups in total. The molecule has 4 aromatic rings. The number of hydrogen-bond donors (Lipinski definition) is 1. The van der Waals surface area contributed by atoms with E-state index in [1.807, 2.05) is 30.5 Å². The van der Waals surface area contributed by atoms with Gasteiger partial charge in [0.15, 0.2) is 23.0 Å². The largest absolute Gasteiger partial charge is 0.482 e. The number of nitrogens with zero attached hydrogens (tertiary/aromatic N) is 3. The van der Waals surface area contributed by atoms with Crippen LogP contribution in [-0.2, 0) is 6.61 Å². The quantitative estimate of drug-likeness (QED) is 0.504. The van der Waals surface area contributed by atoms with Gasteiger partial charge in [-0.05, 0) is 42.2 Å². The van der Waals surface area contributed by atoms with Crippen LogP contribution in [0.15, 0.2) is 58.4 Å². The first kappa shape index (κ1) is 18.8. The summed E-state index contributed by atoms with van der Waals surface area (Å²) in [5.41, 5.74) is 3.19. The third kappa shape index (κ3) is 4.30. The van der Waals surface area contributed by atoms with E-state index < -0.39 is 11.7 Å². The van der Waals surface area contributed by atoms with Crippen molar-refractivity contribution in [3.63, 3.8) is 0 Å². The average Bonchev–Trinajstić information content (AvgIpc) is 3.41. The fourth-order valence-corrected chi connectivity index (χ4v) is 3.06. The molecule has 0 spiro atoms. The van der Waals surface area contributed by atoms with E-state index in [0.717, 1.165) is 16.8 Å². The lowest BCUT2D eigenvalue weighted by molar-refractivity contribution is 0.101. The SMILES string of the molecule is Cc1ccc(-c2csnn2)cc1NC(=O)c1cc(COc2ccccc2F)on1. The summed E-state index contributed by atoms with van der Waals surface area (Å²) in [7, 11) is 0. The minimum absolute atomic E-state index is 0.0491. The van der Waals surface area contributed by atoms with Crippen LogP contribution in [0.4, 0.5) is 10.1 Å². The second-order valence-electron chi connectivity index (χ2n) is 6.17. The minimum Gasteiger partial charge on any atom is -0.482 e. The molecule has 0 aliphatic heterocycles. The van der Waals surface area contributed by atoms with E-state index in [4.69, 9.17) is 9.26 Å². The average molecular weight is 410 g/mol. The number of benzene rings is 2. The topological polar surface area (TPSA) is 90.1 Å². The van der Waals surface area contributed by atoms with Crippen molar-refractivity contribution in [2.45, 2.75) is 13.5 Å². The molecule has 2 aromatic heterocycles. The van der Waals surface area contributed by atoms with E-state index in [9.17, 15) is 9.18 Å². The van der Waals surface area contributed by atoms with Crippen molar-refractivity contribution < 1.29 is 18.4 Å². The molecule has 0 aliphatic carbocycles. The van der Waals surface area contributed by atoms with Crippen LogP contribution in [0, 0.1) is 12.7 Å². The Kier molecular flexibility index (Phi) is 5.30. The Hall–Kier alpha value is -3.59. The van der Waals surface area contributed by atoms with Crippen molar-refractivity contribution >= 4 is 23.1 Å². The van der Waals surface area contributed by atoms with Gasteiger partial charge >= 0.3 is 0 Å². The van der Waals surface area contributed by atoms with Gasteiger partial charge in [-0.2, -0.15) is 0 Å². The molecule has 2 aromatic carbocycles. The number of aryl methyl sites for hydroxylation is 1. The van der Waals surface area contributed by atoms with Crippen molar-refractivity contribution in [3.8, 4) is 17.0 Å². The van der Waals surface area contributed by atoms with E-state index in [0.29, 0.717) is 11.4 Å². The highest BCUT2D eigenvalue weighted by molar-refractivity contribution is 7.03. The van der Waals surface area contributed by atoms with Gasteiger partial charge in [0.05, 0.1) is 0 Å². The Morgan fingerprint density at radius 1 is 1.24 bits per heavy atom. The standard InChI is InChI=1S/C20H15FN4O3S/c1-12-6-7-13(18-11-29-25-23-18)8-16(12)22-20(26)17-9-14(28-24-17)10-27-19-5-3-2-4-15(19)21/h2-9,11H,10H2,1H3,(H,22,26). The first-order chi connectivity index (χ1) is 14.1. The highest BCUT2D eigenvalue weighted by atomic mass is 32.1. The monoisotopic (exact) mass is 410 g/mol. The van der Waals surface area contributed by atoms with Crippen LogP contribution >= 0.6 is 11.5 Å². The van der Waals surface area contributed by atoms with Gasteiger partial charge in [-0.25, -0.2) is 4.39 Å². The lowest BCUT2D eigenvalue weighted by atomic mass is 10.1. The zero-order valence-electron chi connectivity index (χ0n) is 15.3. The Morgan fingerprint density at radius 2 is 2.10 bits per heavy atom. The van der Waals surface area contributed by atoms with Crippen LogP contribution in [0.5, 0.6) is 5.75 Å². The number of para-hydroxylation sites is 1. The highest BCUT2D eigenvalue weighted by Gasteiger charge is 2.15. The molecule has 1 amide bonds. The van der Waals surface area contributed by atoms with Crippen LogP contribution in [-0.4, -0.2) is 20.7 Å². The maximum atomic E-state index is 13.6. The van der Waals surface area contributed by atoms with Gasteiger partial charge in [-0.1, -0.05) is 33.9 Å². The number of carbonyl (C=O) groups is 1. The lowest BCUT2D eigenvalue weighted by Gasteiger charge is -2.08. The summed E-state index contributed by atoms with van der Waals surface area (Å²) in [6, 6.07) is 13.1. The molecule has 4 rings (SSSR count). The molecule has 29 heavy (non-hydrogen) atoms. The maximum Gasteiger partial charge on any atom is 0.277 e. The fourth-order valence-electron chi connectivity index (χ4n) is 2.59. The molecule has 0 saturated heterocycles. The molecule has 0 atom stereocenters. The summed E-state index contributed by atoms with van der Waals surface area (Å²) in [5, 5.41) is 12.5. The predicted octanol–water partition coefficient (Wildman–Crippen LogP) is 4.47. The first-order valence-corrected chi connectivity index (χ1v) is 9.46. The van der Waals surface area contributed by atoms with Gasteiger partial charge in [-0.15, -0.1) is 5.10 Å². The maximum absolute atomic E-state index is 13.6. The summed E-state index contributed by atoms with van der Waals surface area (Å²) in [5.74, 6) is -0.505. The molecule has 0 radical (unpaired) electrons. The molecule has 0 saturated carbocycles. The first-order valence-electron chi connectivity index (χ1n) is 8.62. The number of halogens is 1. The summed E-state index contributed by atoms with van der Waals surface area (Å²) in [6.07, 6.45) is 0. The normalized spacial score (nSPS) is 10.7. The smallest absolute Gasteiger partial charge is 0.277 e. The highest BCUT2D eigenvalue weighted by Crippen LogP contribution is 2.25. The zero-order valence-corrected chi connectivity index (χ0v) is 16.1. The number of carbonyl (C=O) groups excluding carboxylic acids is 1. The van der Waals surface area contributed by atoms with Crippen molar-refractivity contribution in [1.29, 1.82) is 0 Å². The Morgan fingerprint density at radius 3 is 2.90 bits per heavy atom. The Balaban J connectivity index is 1.44. The summed E-state index contributed by atoms with van der Waals surface area (Å²) < 4.78 is 27.9. The zero-order chi connectivity index (χ0) is 20.2. The van der Waals surface area contributed by atoms with E-state index >= 15 is 0 Å². The van der Waals surface area contributed by atoms with Crippen molar-refractivity contribution in [2.75, 3.05) is 5.32 Å². The van der Waals surface area contributed by atoms with Gasteiger partial charge < -0.3 is 14.6 Å². The molecule has 0 bridgehead atoms. The second kappa shape index (κ2) is 8.19. The fraction of sp³-hybridized carbons (Fsp3) is 0.100. The molecule has 9 heteroatoms. The van der Waals surface area contributed by atoms with E-state index in [2.05, 4.69) is 20.1 Å². The van der Waals surface area contributed by atoms with Gasteiger partial charge in [0.2, 0.25) is 0 Å². The van der Waals surface area contributed by atoms with Crippen LogP contribution in [0.25, 0.3) is 11.3 Å². The third-order valence-corrected chi connectivity index (χ3v) is 4.64. The number of amides is 1. The van der Waals surface area contributed by atoms with Gasteiger partial charge in [0.1, 0.15) is 12.3 Å². The summed E-state index contributed by atoms with van der Waals surface area (Å²) in [4.78, 5) is 12.5. The third-order valence-electron chi connectivity index (χ3n) is 4.14. The van der Waals surface area contributed by atoms with Crippen molar-refractivity contribution in [3.05, 3.63) is 76.7 Å². The molecular weight excluding hydrogens is 395 g/mol. The lowest BCUT2D eigenvalue weighted by Crippen LogP contribution is -2.13. The Labute approximate surface area is 169 Å². The molecular formula is C20H15FN4O3S. The van der Waals surface area contributed by atoms with Gasteiger partial charge in [0, 0.05) is 22.7 Å². The molecule has 0 unspecified atom stereocenters. The van der Waals surface area contributed by atoms with E-state index in [1.165, 1.54) is 29.7 Å². The number of aromatic nitrogens is 3. The number of hydrogen-bond acceptors (Lipinski definition) is 7. The van der Waals surface area contributed by atoms with Crippen LogP contribution < -0.4 is 10.1 Å². The van der Waals surface area contributed by atoms with Crippen LogP contribution in [0.1, 0.15) is 21.8 Å². The van der Waals surface area contributed by atoms with Crippen LogP contribution in [0.2, 0.25) is 0 Å². The van der Waals surface area contributed by atoms with Gasteiger partial charge in [-0.3, -0.25) is 4.79 Å². The minimum atomic E-state index is -0.476. The van der Waals surface area contributed by atoms with Gasteiger partial charge in [0.25, 0.3) is 5.91 Å². The predicted molar refractivity (Wildman–Crippen MR) is 105 cm³/mol. The molecule has 146 valence electrons. The summed E-state index contributed by atoms with van der Waals surface area (Å²) >= 11 is 1.26. The van der Waals surface area contributed by atoms with E-state index in [1.54, 1.807) is 12.1 Å². The van der Waals surface area contributed by atoms with E-state index in [-0.39, 0.29) is 18.1 Å². The molecule has 0 fully saturated rings.